The zero-order valence-corrected chi connectivity index (χ0v) is 22.0. The number of benzene rings is 1. The van der Waals surface area contributed by atoms with Gasteiger partial charge in [-0.3, -0.25) is 4.79 Å². The molecule has 2 atom stereocenters. The van der Waals surface area contributed by atoms with Gasteiger partial charge in [-0.15, -0.1) is 0 Å². The van der Waals surface area contributed by atoms with E-state index in [1.165, 1.54) is 83.1 Å². The van der Waals surface area contributed by atoms with Gasteiger partial charge in [0.25, 0.3) is 0 Å². The van der Waals surface area contributed by atoms with E-state index in [1.807, 2.05) is 0 Å². The van der Waals surface area contributed by atoms with E-state index in [9.17, 15) is 9.18 Å². The molecular formula is C31H49FO2. The molecule has 1 aromatic carbocycles. The van der Waals surface area contributed by atoms with E-state index in [0.29, 0.717) is 18.1 Å². The van der Waals surface area contributed by atoms with Crippen LogP contribution >= 0.6 is 0 Å². The zero-order chi connectivity index (χ0) is 24.2. The van der Waals surface area contributed by atoms with Gasteiger partial charge in [0.1, 0.15) is 11.6 Å². The molecule has 1 unspecified atom stereocenters. The molecule has 3 heteroatoms. The van der Waals surface area contributed by atoms with Crippen molar-refractivity contribution in [3.8, 4) is 5.75 Å². The maximum absolute atomic E-state index is 14.3. The fourth-order valence-corrected chi connectivity index (χ4v) is 6.52. The smallest absolute Gasteiger partial charge is 0.311 e. The maximum Gasteiger partial charge on any atom is 0.311 e. The van der Waals surface area contributed by atoms with Gasteiger partial charge in [0.2, 0.25) is 0 Å². The van der Waals surface area contributed by atoms with E-state index in [1.54, 1.807) is 12.1 Å². The van der Waals surface area contributed by atoms with E-state index < -0.39 is 0 Å². The summed E-state index contributed by atoms with van der Waals surface area (Å²) in [7, 11) is 0. The van der Waals surface area contributed by atoms with Crippen molar-refractivity contribution >= 4 is 5.97 Å². The van der Waals surface area contributed by atoms with Crippen LogP contribution in [-0.2, 0) is 11.2 Å². The molecular weight excluding hydrogens is 423 g/mol. The summed E-state index contributed by atoms with van der Waals surface area (Å²) >= 11 is 0. The minimum Gasteiger partial charge on any atom is -0.426 e. The van der Waals surface area contributed by atoms with E-state index in [-0.39, 0.29) is 11.8 Å². The summed E-state index contributed by atoms with van der Waals surface area (Å²) < 4.78 is 19.8. The minimum atomic E-state index is -0.253. The SMILES string of the molecule is CCCCCc1ccc(OC(=O)CCC2CCC[C@H](C3CCC(CCCCC)CC3)C2)cc1F. The number of esters is 1. The third-order valence-electron chi connectivity index (χ3n) is 8.66. The van der Waals surface area contributed by atoms with Crippen molar-refractivity contribution in [1.82, 2.24) is 0 Å². The summed E-state index contributed by atoms with van der Waals surface area (Å²) in [6, 6.07) is 4.91. The summed E-state index contributed by atoms with van der Waals surface area (Å²) in [4.78, 5) is 12.4. The van der Waals surface area contributed by atoms with Crippen molar-refractivity contribution in [2.45, 2.75) is 129 Å². The van der Waals surface area contributed by atoms with E-state index >= 15 is 0 Å². The van der Waals surface area contributed by atoms with Crippen LogP contribution in [0, 0.1) is 29.5 Å². The highest BCUT2D eigenvalue weighted by Crippen LogP contribution is 2.43. The molecule has 34 heavy (non-hydrogen) atoms. The standard InChI is InChI=1S/C31H49FO2/c1-3-5-7-10-24-14-17-26(18-15-24)28-13-9-11-25(22-28)16-21-31(33)34-29-20-19-27(30(32)23-29)12-8-6-4-2/h19-20,23-26,28H,3-18,21-22H2,1-2H3/t24?,25?,26?,28-/m0/s1. The number of carbonyl (C=O) groups is 1. The fourth-order valence-electron chi connectivity index (χ4n) is 6.52. The van der Waals surface area contributed by atoms with E-state index in [2.05, 4.69) is 13.8 Å². The highest BCUT2D eigenvalue weighted by atomic mass is 19.1. The Hall–Kier alpha value is -1.38. The second-order valence-corrected chi connectivity index (χ2v) is 11.3. The number of unbranched alkanes of at least 4 members (excludes halogenated alkanes) is 4. The molecule has 0 heterocycles. The molecule has 2 fully saturated rings. The normalized spacial score (nSPS) is 25.3. The summed E-state index contributed by atoms with van der Waals surface area (Å²) in [5.41, 5.74) is 0.719. The van der Waals surface area contributed by atoms with Gasteiger partial charge in [-0.25, -0.2) is 4.39 Å². The van der Waals surface area contributed by atoms with Crippen LogP contribution in [0.15, 0.2) is 18.2 Å². The van der Waals surface area contributed by atoms with Crippen molar-refractivity contribution in [3.63, 3.8) is 0 Å². The second kappa shape index (κ2) is 14.9. The summed E-state index contributed by atoms with van der Waals surface area (Å²) in [6.45, 7) is 4.44. The van der Waals surface area contributed by atoms with Crippen molar-refractivity contribution in [3.05, 3.63) is 29.6 Å². The summed E-state index contributed by atoms with van der Waals surface area (Å²) in [5.74, 6) is 3.28. The summed E-state index contributed by atoms with van der Waals surface area (Å²) in [6.07, 6.45) is 21.9. The van der Waals surface area contributed by atoms with Gasteiger partial charge in [-0.1, -0.05) is 90.5 Å². The first-order valence-electron chi connectivity index (χ1n) is 14.6. The molecule has 3 rings (SSSR count). The molecule has 2 aliphatic carbocycles. The monoisotopic (exact) mass is 472 g/mol. The zero-order valence-electron chi connectivity index (χ0n) is 22.0. The van der Waals surface area contributed by atoms with Crippen molar-refractivity contribution in [2.24, 2.45) is 23.7 Å². The Morgan fingerprint density at radius 3 is 2.38 bits per heavy atom. The molecule has 0 N–H and O–H groups in total. The molecule has 2 nitrogen and oxygen atoms in total. The number of rotatable bonds is 13. The Kier molecular flexibility index (Phi) is 11.9. The maximum atomic E-state index is 14.3. The molecule has 0 aromatic heterocycles. The number of halogens is 1. The molecule has 0 amide bonds. The van der Waals surface area contributed by atoms with Crippen molar-refractivity contribution in [2.75, 3.05) is 0 Å². The first-order chi connectivity index (χ1) is 16.6. The summed E-state index contributed by atoms with van der Waals surface area (Å²) in [5, 5.41) is 0. The number of aryl methyl sites for hydroxylation is 1. The van der Waals surface area contributed by atoms with Gasteiger partial charge >= 0.3 is 5.97 Å². The molecule has 2 saturated carbocycles. The van der Waals surface area contributed by atoms with Gasteiger partial charge in [0, 0.05) is 12.5 Å². The van der Waals surface area contributed by atoms with Crippen LogP contribution in [0.25, 0.3) is 0 Å². The molecule has 1 aromatic rings. The molecule has 0 aliphatic heterocycles. The number of hydrogen-bond acceptors (Lipinski definition) is 2. The predicted octanol–water partition coefficient (Wildman–Crippen LogP) is 9.44. The topological polar surface area (TPSA) is 26.3 Å². The van der Waals surface area contributed by atoms with Crippen LogP contribution in [0.1, 0.15) is 129 Å². The van der Waals surface area contributed by atoms with Gasteiger partial charge in [-0.2, -0.15) is 0 Å². The predicted molar refractivity (Wildman–Crippen MR) is 140 cm³/mol. The number of hydrogen-bond donors (Lipinski definition) is 0. The molecule has 0 bridgehead atoms. The largest absolute Gasteiger partial charge is 0.426 e. The van der Waals surface area contributed by atoms with Crippen molar-refractivity contribution < 1.29 is 13.9 Å². The molecule has 192 valence electrons. The average molecular weight is 473 g/mol. The lowest BCUT2D eigenvalue weighted by molar-refractivity contribution is -0.134. The minimum absolute atomic E-state index is 0.215. The van der Waals surface area contributed by atoms with Crippen LogP contribution in [0.2, 0.25) is 0 Å². The van der Waals surface area contributed by atoms with E-state index in [0.717, 1.165) is 55.4 Å². The lowest BCUT2D eigenvalue weighted by Crippen LogP contribution is -2.27. The first-order valence-corrected chi connectivity index (χ1v) is 14.6. The van der Waals surface area contributed by atoms with Crippen LogP contribution in [0.4, 0.5) is 4.39 Å². The van der Waals surface area contributed by atoms with Gasteiger partial charge in [0.15, 0.2) is 0 Å². The third-order valence-corrected chi connectivity index (χ3v) is 8.66. The highest BCUT2D eigenvalue weighted by Gasteiger charge is 2.31. The third kappa shape index (κ3) is 9.00. The Balaban J connectivity index is 1.37. The molecule has 2 aliphatic rings. The Labute approximate surface area is 208 Å². The van der Waals surface area contributed by atoms with Crippen LogP contribution in [0.5, 0.6) is 5.75 Å². The van der Waals surface area contributed by atoms with Gasteiger partial charge in [-0.05, 0) is 73.8 Å². The lowest BCUT2D eigenvalue weighted by Gasteiger charge is -2.38. The van der Waals surface area contributed by atoms with Crippen LogP contribution < -0.4 is 4.74 Å². The quantitative estimate of drug-likeness (QED) is 0.162. The lowest BCUT2D eigenvalue weighted by atomic mass is 9.67. The average Bonchev–Trinajstić information content (AvgIpc) is 2.85. The molecule has 0 radical (unpaired) electrons. The molecule has 0 spiro atoms. The Bertz CT molecular complexity index is 722. The molecule has 0 saturated heterocycles. The van der Waals surface area contributed by atoms with Crippen molar-refractivity contribution in [1.29, 1.82) is 0 Å². The van der Waals surface area contributed by atoms with Gasteiger partial charge < -0.3 is 4.74 Å². The fraction of sp³-hybridized carbons (Fsp3) is 0.774. The number of ether oxygens (including phenoxy) is 1. The Morgan fingerprint density at radius 2 is 1.65 bits per heavy atom. The van der Waals surface area contributed by atoms with Gasteiger partial charge in [0.05, 0.1) is 0 Å². The first kappa shape index (κ1) is 27.2. The number of carbonyl (C=O) groups excluding carboxylic acids is 1. The van der Waals surface area contributed by atoms with Crippen LogP contribution in [-0.4, -0.2) is 5.97 Å². The van der Waals surface area contributed by atoms with Crippen LogP contribution in [0.3, 0.4) is 0 Å². The highest BCUT2D eigenvalue weighted by molar-refractivity contribution is 5.72. The van der Waals surface area contributed by atoms with E-state index in [4.69, 9.17) is 4.74 Å². The second-order valence-electron chi connectivity index (χ2n) is 11.3. The Morgan fingerprint density at radius 1 is 0.882 bits per heavy atom.